The Kier molecular flexibility index (Phi) is 10.7. The zero-order valence-electron chi connectivity index (χ0n) is 31.3. The number of thiazole rings is 1. The molecule has 0 radical (unpaired) electrons. The Bertz CT molecular complexity index is 2100. The molecule has 8 rings (SSSR count). The van der Waals surface area contributed by atoms with E-state index in [4.69, 9.17) is 20.2 Å². The second-order valence-electron chi connectivity index (χ2n) is 15.3. The smallest absolute Gasteiger partial charge is 0.264 e. The lowest BCUT2D eigenvalue weighted by Crippen LogP contribution is -2.54. The highest BCUT2D eigenvalue weighted by atomic mass is 32.1. The molecule has 1 aromatic heterocycles. The first kappa shape index (κ1) is 37.9. The third-order valence-corrected chi connectivity index (χ3v) is 12.6. The van der Waals surface area contributed by atoms with E-state index in [9.17, 15) is 28.8 Å². The van der Waals surface area contributed by atoms with Crippen molar-refractivity contribution in [3.63, 3.8) is 0 Å². The molecule has 3 aromatic rings. The van der Waals surface area contributed by atoms with Gasteiger partial charge in [0.15, 0.2) is 0 Å². The maximum Gasteiger partial charge on any atom is 0.264 e. The van der Waals surface area contributed by atoms with Gasteiger partial charge in [-0.3, -0.25) is 39.0 Å². The highest BCUT2D eigenvalue weighted by Crippen LogP contribution is 2.42. The van der Waals surface area contributed by atoms with E-state index in [1.165, 1.54) is 11.3 Å². The van der Waals surface area contributed by atoms with E-state index >= 15 is 0 Å². The monoisotopic (exact) mass is 782 g/mol. The third kappa shape index (κ3) is 7.47. The molecule has 0 bridgehead atoms. The van der Waals surface area contributed by atoms with Crippen LogP contribution in [0.3, 0.4) is 0 Å². The number of rotatable bonds is 14. The maximum absolute atomic E-state index is 13.3. The van der Waals surface area contributed by atoms with Crippen LogP contribution in [0.2, 0.25) is 0 Å². The molecule has 4 heterocycles. The number of carbonyl (C=O) groups excluding carboxylic acids is 6. The molecule has 2 unspecified atom stereocenters. The summed E-state index contributed by atoms with van der Waals surface area (Å²) in [6, 6.07) is 10.1. The summed E-state index contributed by atoms with van der Waals surface area (Å²) in [4.78, 5) is 85.1. The van der Waals surface area contributed by atoms with Crippen LogP contribution in [0.1, 0.15) is 93.4 Å². The van der Waals surface area contributed by atoms with Crippen LogP contribution in [0.15, 0.2) is 36.4 Å². The molecule has 4 N–H and O–H groups in total. The first-order chi connectivity index (χ1) is 27.1. The SMILES string of the molecule is Cc1sc(C(C(N)=O)[C@@H]2CCC[C@H](OCCOCCNc3cccc4c3C(=O)N(C3CCC(=O)NC3=O)C4=O)C2)nc1-c1ccc2c(c1)CCN2C(=O)C1CC1. The van der Waals surface area contributed by atoms with E-state index in [1.54, 1.807) is 18.2 Å². The van der Waals surface area contributed by atoms with Crippen molar-refractivity contribution in [1.29, 1.82) is 0 Å². The number of imide groups is 2. The molecule has 2 saturated carbocycles. The normalized spacial score (nSPS) is 22.6. The standard InChI is InChI=1S/C41H46N6O8S/c1-22-35(26-10-11-30-24(20-26)14-16-46(30)39(51)23-8-9-23)45-38(56-22)33(36(42)49)25-4-2-5-27(21-25)55-19-18-54-17-15-43-29-7-3-6-28-34(29)41(53)47(40(28)52)31-12-13-32(48)44-37(31)50/h3,6-7,10-11,20,23,25,27,31,33,43H,2,4-5,8-9,12-19,21H2,1H3,(H2,42,49)(H,44,48,50)/t25-,27+,31?,33?/m1/s1. The average Bonchev–Trinajstić information content (AvgIpc) is 3.77. The summed E-state index contributed by atoms with van der Waals surface area (Å²) in [5.41, 5.74) is 10.9. The van der Waals surface area contributed by atoms with Gasteiger partial charge in [0.25, 0.3) is 11.8 Å². The fraction of sp³-hybridized carbons (Fsp3) is 0.488. The number of piperidine rings is 1. The minimum absolute atomic E-state index is 0.00453. The molecule has 6 amide bonds. The van der Waals surface area contributed by atoms with Crippen molar-refractivity contribution in [1.82, 2.24) is 15.2 Å². The molecule has 4 atom stereocenters. The lowest BCUT2D eigenvalue weighted by molar-refractivity contribution is -0.136. The van der Waals surface area contributed by atoms with E-state index in [2.05, 4.69) is 16.7 Å². The van der Waals surface area contributed by atoms with Crippen molar-refractivity contribution in [3.8, 4) is 11.3 Å². The predicted molar refractivity (Wildman–Crippen MR) is 207 cm³/mol. The summed E-state index contributed by atoms with van der Waals surface area (Å²) < 4.78 is 12.0. The second kappa shape index (κ2) is 15.9. The summed E-state index contributed by atoms with van der Waals surface area (Å²) >= 11 is 1.52. The van der Waals surface area contributed by atoms with Gasteiger partial charge in [-0.15, -0.1) is 11.3 Å². The van der Waals surface area contributed by atoms with Crippen LogP contribution >= 0.6 is 11.3 Å². The summed E-state index contributed by atoms with van der Waals surface area (Å²) in [6.45, 7) is 4.13. The minimum atomic E-state index is -1.03. The van der Waals surface area contributed by atoms with Crippen LogP contribution in [-0.2, 0) is 35.1 Å². The molecule has 2 aromatic carbocycles. The number of nitrogens with one attached hydrogen (secondary N) is 2. The van der Waals surface area contributed by atoms with Gasteiger partial charge in [-0.25, -0.2) is 4.98 Å². The van der Waals surface area contributed by atoms with Crippen LogP contribution in [0, 0.1) is 18.8 Å². The van der Waals surface area contributed by atoms with Crippen molar-refractivity contribution in [3.05, 3.63) is 63.0 Å². The van der Waals surface area contributed by atoms with E-state index in [0.29, 0.717) is 45.0 Å². The average molecular weight is 783 g/mol. The van der Waals surface area contributed by atoms with Gasteiger partial charge in [0.1, 0.15) is 11.0 Å². The van der Waals surface area contributed by atoms with Crippen molar-refractivity contribution in [2.24, 2.45) is 17.6 Å². The number of ether oxygens (including phenoxy) is 2. The predicted octanol–water partition coefficient (Wildman–Crippen LogP) is 4.09. The number of aryl methyl sites for hydroxylation is 1. The lowest BCUT2D eigenvalue weighted by atomic mass is 9.78. The number of hydrogen-bond donors (Lipinski definition) is 3. The molecule has 1 saturated heterocycles. The topological polar surface area (TPSA) is 190 Å². The van der Waals surface area contributed by atoms with Crippen molar-refractivity contribution < 1.29 is 38.2 Å². The second-order valence-corrected chi connectivity index (χ2v) is 16.6. The Balaban J connectivity index is 0.813. The van der Waals surface area contributed by atoms with Gasteiger partial charge in [0.2, 0.25) is 23.6 Å². The van der Waals surface area contributed by atoms with Gasteiger partial charge < -0.3 is 25.4 Å². The van der Waals surface area contributed by atoms with Crippen LogP contribution in [-0.4, -0.2) is 90.4 Å². The van der Waals surface area contributed by atoms with E-state index < -0.39 is 35.6 Å². The minimum Gasteiger partial charge on any atom is -0.382 e. The summed E-state index contributed by atoms with van der Waals surface area (Å²) in [5, 5.41) is 6.12. The summed E-state index contributed by atoms with van der Waals surface area (Å²) in [5.74, 6) is -2.67. The molecule has 14 nitrogen and oxygen atoms in total. The zero-order valence-corrected chi connectivity index (χ0v) is 32.2. The van der Waals surface area contributed by atoms with Crippen molar-refractivity contribution >= 4 is 58.2 Å². The Morgan fingerprint density at radius 3 is 2.64 bits per heavy atom. The fourth-order valence-electron chi connectivity index (χ4n) is 8.63. The highest BCUT2D eigenvalue weighted by Gasteiger charge is 2.46. The molecule has 3 fully saturated rings. The van der Waals surface area contributed by atoms with Gasteiger partial charge in [0.05, 0.1) is 48.7 Å². The number of nitrogens with two attached hydrogens (primary N) is 1. The third-order valence-electron chi connectivity index (χ3n) is 11.6. The van der Waals surface area contributed by atoms with Gasteiger partial charge in [-0.1, -0.05) is 18.6 Å². The number of benzene rings is 2. The van der Waals surface area contributed by atoms with Gasteiger partial charge in [0, 0.05) is 47.2 Å². The highest BCUT2D eigenvalue weighted by molar-refractivity contribution is 7.12. The summed E-state index contributed by atoms with van der Waals surface area (Å²) in [6.07, 6.45) is 6.23. The molecule has 2 aliphatic carbocycles. The van der Waals surface area contributed by atoms with E-state index in [0.717, 1.165) is 75.8 Å². The largest absolute Gasteiger partial charge is 0.382 e. The lowest BCUT2D eigenvalue weighted by Gasteiger charge is -2.32. The van der Waals surface area contributed by atoms with E-state index in [1.807, 2.05) is 24.0 Å². The van der Waals surface area contributed by atoms with Gasteiger partial charge >= 0.3 is 0 Å². The van der Waals surface area contributed by atoms with Crippen molar-refractivity contribution in [2.75, 3.05) is 43.1 Å². The summed E-state index contributed by atoms with van der Waals surface area (Å²) in [7, 11) is 0. The number of fused-ring (bicyclic) bond motifs is 2. The number of aromatic nitrogens is 1. The number of primary amides is 1. The quantitative estimate of drug-likeness (QED) is 0.159. The molecule has 294 valence electrons. The molecular formula is C41H46N6O8S. The Morgan fingerprint density at radius 1 is 1.02 bits per heavy atom. The number of anilines is 2. The molecule has 0 spiro atoms. The van der Waals surface area contributed by atoms with Crippen LogP contribution in [0.4, 0.5) is 11.4 Å². The van der Waals surface area contributed by atoms with E-state index in [-0.39, 0.29) is 53.7 Å². The Morgan fingerprint density at radius 2 is 1.86 bits per heavy atom. The Hall–Kier alpha value is -4.99. The molecule has 15 heteroatoms. The molecule has 56 heavy (non-hydrogen) atoms. The molecular weight excluding hydrogens is 737 g/mol. The number of nitrogens with zero attached hydrogens (tertiary/aromatic N) is 3. The van der Waals surface area contributed by atoms with Gasteiger partial charge in [-0.2, -0.15) is 0 Å². The Labute approximate surface area is 328 Å². The van der Waals surface area contributed by atoms with Crippen LogP contribution in [0.25, 0.3) is 11.3 Å². The first-order valence-electron chi connectivity index (χ1n) is 19.6. The van der Waals surface area contributed by atoms with Crippen LogP contribution in [0.5, 0.6) is 0 Å². The van der Waals surface area contributed by atoms with Crippen molar-refractivity contribution in [2.45, 2.75) is 82.8 Å². The number of amides is 6. The number of carbonyl (C=O) groups is 6. The number of hydrogen-bond acceptors (Lipinski definition) is 11. The first-order valence-corrected chi connectivity index (χ1v) is 20.4. The van der Waals surface area contributed by atoms with Crippen LogP contribution < -0.4 is 21.3 Å². The fourth-order valence-corrected chi connectivity index (χ4v) is 9.78. The van der Waals surface area contributed by atoms with Gasteiger partial charge in [-0.05, 0) is 87.6 Å². The molecule has 5 aliphatic rings. The zero-order chi connectivity index (χ0) is 39.1. The maximum atomic E-state index is 13.3. The molecule has 3 aliphatic heterocycles.